The molecule has 1 aromatic carbocycles. The predicted octanol–water partition coefficient (Wildman–Crippen LogP) is 3.07. The van der Waals surface area contributed by atoms with E-state index in [2.05, 4.69) is 36.5 Å². The largest absolute Gasteiger partial charge is 0.380 e. The molecule has 0 aliphatic heterocycles. The van der Waals surface area contributed by atoms with E-state index >= 15 is 0 Å². The zero-order valence-electron chi connectivity index (χ0n) is 10.9. The molecule has 0 bridgehead atoms. The molecule has 0 saturated carbocycles. The minimum absolute atomic E-state index is 0.696. The molecule has 17 heavy (non-hydrogen) atoms. The van der Waals surface area contributed by atoms with E-state index in [0.717, 1.165) is 13.1 Å². The van der Waals surface area contributed by atoms with Crippen LogP contribution in [0.3, 0.4) is 0 Å². The Morgan fingerprint density at radius 1 is 1.18 bits per heavy atom. The highest BCUT2D eigenvalue weighted by Crippen LogP contribution is 2.05. The van der Waals surface area contributed by atoms with Gasteiger partial charge < -0.3 is 10.1 Å². The summed E-state index contributed by atoms with van der Waals surface area (Å²) < 4.78 is 5.09. The van der Waals surface area contributed by atoms with Crippen LogP contribution in [0.1, 0.15) is 24.5 Å². The number of methoxy groups -OCH3 is 1. The molecule has 2 nitrogen and oxygen atoms in total. The standard InChI is InChI=1S/C14H23NOS/c1-3-17-10-4-9-15-11-13-5-7-14(8-6-13)12-16-2/h5-8,15H,3-4,9-12H2,1-2H3. The maximum Gasteiger partial charge on any atom is 0.0713 e. The van der Waals surface area contributed by atoms with Crippen LogP contribution < -0.4 is 5.32 Å². The van der Waals surface area contributed by atoms with E-state index in [4.69, 9.17) is 4.74 Å². The Kier molecular flexibility index (Phi) is 8.14. The van der Waals surface area contributed by atoms with Crippen molar-refractivity contribution in [2.45, 2.75) is 26.5 Å². The van der Waals surface area contributed by atoms with Crippen LogP contribution in [0.5, 0.6) is 0 Å². The van der Waals surface area contributed by atoms with Gasteiger partial charge in [0.05, 0.1) is 6.61 Å². The lowest BCUT2D eigenvalue weighted by Crippen LogP contribution is -2.15. The molecule has 0 fully saturated rings. The zero-order valence-corrected chi connectivity index (χ0v) is 11.7. The number of hydrogen-bond donors (Lipinski definition) is 1. The third-order valence-corrected chi connectivity index (χ3v) is 3.50. The Hall–Kier alpha value is -0.510. The summed E-state index contributed by atoms with van der Waals surface area (Å²) in [5, 5.41) is 3.47. The number of ether oxygens (including phenoxy) is 1. The number of benzene rings is 1. The summed E-state index contributed by atoms with van der Waals surface area (Å²) in [7, 11) is 1.73. The highest BCUT2D eigenvalue weighted by molar-refractivity contribution is 7.99. The summed E-state index contributed by atoms with van der Waals surface area (Å²) >= 11 is 2.01. The van der Waals surface area contributed by atoms with Gasteiger partial charge >= 0.3 is 0 Å². The molecule has 0 amide bonds. The molecule has 96 valence electrons. The van der Waals surface area contributed by atoms with Crippen LogP contribution in [0.15, 0.2) is 24.3 Å². The highest BCUT2D eigenvalue weighted by Gasteiger charge is 1.94. The molecular weight excluding hydrogens is 230 g/mol. The third kappa shape index (κ3) is 6.71. The van der Waals surface area contributed by atoms with Crippen molar-refractivity contribution in [3.63, 3.8) is 0 Å². The second kappa shape index (κ2) is 9.51. The first-order valence-electron chi connectivity index (χ1n) is 6.22. The van der Waals surface area contributed by atoms with Gasteiger partial charge in [0.15, 0.2) is 0 Å². The lowest BCUT2D eigenvalue weighted by atomic mass is 10.1. The number of thioether (sulfide) groups is 1. The molecule has 3 heteroatoms. The summed E-state index contributed by atoms with van der Waals surface area (Å²) in [6, 6.07) is 8.60. The predicted molar refractivity (Wildman–Crippen MR) is 76.5 cm³/mol. The van der Waals surface area contributed by atoms with Gasteiger partial charge in [-0.15, -0.1) is 0 Å². The first-order chi connectivity index (χ1) is 8.36. The minimum atomic E-state index is 0.696. The smallest absolute Gasteiger partial charge is 0.0713 e. The normalized spacial score (nSPS) is 10.7. The second-order valence-electron chi connectivity index (χ2n) is 3.98. The van der Waals surface area contributed by atoms with Crippen molar-refractivity contribution in [2.75, 3.05) is 25.2 Å². The Balaban J connectivity index is 2.14. The molecule has 0 radical (unpaired) electrons. The van der Waals surface area contributed by atoms with Crippen molar-refractivity contribution in [3.8, 4) is 0 Å². The van der Waals surface area contributed by atoms with Gasteiger partial charge in [-0.3, -0.25) is 0 Å². The quantitative estimate of drug-likeness (QED) is 0.683. The summed E-state index contributed by atoms with van der Waals surface area (Å²) in [5.74, 6) is 2.48. The number of hydrogen-bond acceptors (Lipinski definition) is 3. The van der Waals surface area contributed by atoms with E-state index in [1.54, 1.807) is 7.11 Å². The second-order valence-corrected chi connectivity index (χ2v) is 5.37. The Morgan fingerprint density at radius 3 is 2.53 bits per heavy atom. The average molecular weight is 253 g/mol. The zero-order chi connectivity index (χ0) is 12.3. The fraction of sp³-hybridized carbons (Fsp3) is 0.571. The Bertz CT molecular complexity index is 287. The first-order valence-corrected chi connectivity index (χ1v) is 7.37. The van der Waals surface area contributed by atoms with Gasteiger partial charge in [0.25, 0.3) is 0 Å². The van der Waals surface area contributed by atoms with Crippen LogP contribution in [-0.4, -0.2) is 25.2 Å². The van der Waals surface area contributed by atoms with E-state index in [9.17, 15) is 0 Å². The van der Waals surface area contributed by atoms with Crippen molar-refractivity contribution in [3.05, 3.63) is 35.4 Å². The van der Waals surface area contributed by atoms with Crippen molar-refractivity contribution in [2.24, 2.45) is 0 Å². The summed E-state index contributed by atoms with van der Waals surface area (Å²) in [4.78, 5) is 0. The molecule has 0 aliphatic rings. The van der Waals surface area contributed by atoms with Crippen molar-refractivity contribution >= 4 is 11.8 Å². The maximum absolute atomic E-state index is 5.09. The molecule has 0 atom stereocenters. The van der Waals surface area contributed by atoms with E-state index in [1.807, 2.05) is 11.8 Å². The molecule has 0 heterocycles. The Labute approximate surface area is 109 Å². The van der Waals surface area contributed by atoms with E-state index in [-0.39, 0.29) is 0 Å². The summed E-state index contributed by atoms with van der Waals surface area (Å²) in [6.45, 7) is 4.97. The van der Waals surface area contributed by atoms with Crippen molar-refractivity contribution < 1.29 is 4.74 Å². The topological polar surface area (TPSA) is 21.3 Å². The van der Waals surface area contributed by atoms with Crippen molar-refractivity contribution in [1.82, 2.24) is 5.32 Å². The van der Waals surface area contributed by atoms with Crippen LogP contribution in [-0.2, 0) is 17.9 Å². The van der Waals surface area contributed by atoms with E-state index in [1.165, 1.54) is 29.1 Å². The number of nitrogens with one attached hydrogen (secondary N) is 1. The van der Waals surface area contributed by atoms with Gasteiger partial charge in [-0.05, 0) is 35.6 Å². The van der Waals surface area contributed by atoms with Crippen LogP contribution in [0, 0.1) is 0 Å². The van der Waals surface area contributed by atoms with Crippen LogP contribution in [0.2, 0.25) is 0 Å². The van der Waals surface area contributed by atoms with Crippen LogP contribution >= 0.6 is 11.8 Å². The monoisotopic (exact) mass is 253 g/mol. The number of rotatable bonds is 9. The van der Waals surface area contributed by atoms with Crippen molar-refractivity contribution in [1.29, 1.82) is 0 Å². The fourth-order valence-corrected chi connectivity index (χ4v) is 2.23. The van der Waals surface area contributed by atoms with Gasteiger partial charge in [-0.1, -0.05) is 31.2 Å². The SMILES string of the molecule is CCSCCCNCc1ccc(COC)cc1. The fourth-order valence-electron chi connectivity index (χ4n) is 1.60. The van der Waals surface area contributed by atoms with Gasteiger partial charge in [-0.25, -0.2) is 0 Å². The Morgan fingerprint density at radius 2 is 1.88 bits per heavy atom. The molecule has 1 N–H and O–H groups in total. The van der Waals surface area contributed by atoms with Gasteiger partial charge in [0.1, 0.15) is 0 Å². The van der Waals surface area contributed by atoms with Crippen LogP contribution in [0.25, 0.3) is 0 Å². The van der Waals surface area contributed by atoms with Gasteiger partial charge in [0.2, 0.25) is 0 Å². The van der Waals surface area contributed by atoms with Gasteiger partial charge in [-0.2, -0.15) is 11.8 Å². The molecule has 0 aromatic heterocycles. The van der Waals surface area contributed by atoms with E-state index < -0.39 is 0 Å². The summed E-state index contributed by atoms with van der Waals surface area (Å²) in [6.07, 6.45) is 1.25. The lowest BCUT2D eigenvalue weighted by molar-refractivity contribution is 0.185. The average Bonchev–Trinajstić information content (AvgIpc) is 2.36. The first kappa shape index (κ1) is 14.6. The minimum Gasteiger partial charge on any atom is -0.380 e. The molecule has 1 aromatic rings. The highest BCUT2D eigenvalue weighted by atomic mass is 32.2. The summed E-state index contributed by atoms with van der Waals surface area (Å²) in [5.41, 5.74) is 2.57. The molecule has 0 spiro atoms. The van der Waals surface area contributed by atoms with Crippen LogP contribution in [0.4, 0.5) is 0 Å². The third-order valence-electron chi connectivity index (χ3n) is 2.51. The lowest BCUT2D eigenvalue weighted by Gasteiger charge is -2.06. The molecule has 0 saturated heterocycles. The molecule has 0 aliphatic carbocycles. The molecular formula is C14H23NOS. The molecule has 0 unspecified atom stereocenters. The van der Waals surface area contributed by atoms with Gasteiger partial charge in [0, 0.05) is 13.7 Å². The maximum atomic E-state index is 5.09. The van der Waals surface area contributed by atoms with E-state index in [0.29, 0.717) is 6.61 Å². The molecule has 1 rings (SSSR count).